The van der Waals surface area contributed by atoms with Crippen molar-refractivity contribution in [2.45, 2.75) is 19.3 Å². The number of phenols is 1. The number of hydrogen-bond donors (Lipinski definition) is 1. The van der Waals surface area contributed by atoms with Crippen molar-refractivity contribution in [2.75, 3.05) is 0 Å². The van der Waals surface area contributed by atoms with Gasteiger partial charge in [-0.05, 0) is 49.1 Å². The second-order valence-corrected chi connectivity index (χ2v) is 3.90. The summed E-state index contributed by atoms with van der Waals surface area (Å²) in [7, 11) is 0. The summed E-state index contributed by atoms with van der Waals surface area (Å²) in [6, 6.07) is 7.17. The van der Waals surface area contributed by atoms with Gasteiger partial charge in [-0.1, -0.05) is 0 Å². The van der Waals surface area contributed by atoms with Gasteiger partial charge >= 0.3 is 0 Å². The zero-order valence-electron chi connectivity index (χ0n) is 8.35. The second-order valence-electron chi connectivity index (χ2n) is 3.90. The van der Waals surface area contributed by atoms with Gasteiger partial charge in [0.15, 0.2) is 0 Å². The molecule has 0 unspecified atom stereocenters. The van der Waals surface area contributed by atoms with Crippen molar-refractivity contribution in [3.8, 4) is 11.4 Å². The van der Waals surface area contributed by atoms with E-state index >= 15 is 0 Å². The Kier molecular flexibility index (Phi) is 1.78. The average molecular weight is 200 g/mol. The molecular weight excluding hydrogens is 188 g/mol. The molecule has 76 valence electrons. The van der Waals surface area contributed by atoms with Crippen molar-refractivity contribution in [3.05, 3.63) is 41.7 Å². The Labute approximate surface area is 88.0 Å². The van der Waals surface area contributed by atoms with Crippen LogP contribution in [0, 0.1) is 0 Å². The topological polar surface area (TPSA) is 38.0 Å². The summed E-state index contributed by atoms with van der Waals surface area (Å²) in [5.74, 6) is 0.294. The van der Waals surface area contributed by atoms with Crippen LogP contribution in [0.5, 0.6) is 5.75 Å². The fraction of sp³-hybridized carbons (Fsp3) is 0.250. The predicted molar refractivity (Wildman–Crippen MR) is 57.3 cm³/mol. The van der Waals surface area contributed by atoms with Crippen molar-refractivity contribution < 1.29 is 5.11 Å². The number of benzene rings is 1. The smallest absolute Gasteiger partial charge is 0.115 e. The van der Waals surface area contributed by atoms with Crippen LogP contribution in [0.1, 0.15) is 17.7 Å². The molecule has 0 spiro atoms. The van der Waals surface area contributed by atoms with Crippen molar-refractivity contribution in [2.24, 2.45) is 0 Å². The second kappa shape index (κ2) is 3.12. The van der Waals surface area contributed by atoms with E-state index < -0.39 is 0 Å². The molecule has 1 heterocycles. The molecule has 0 aliphatic heterocycles. The van der Waals surface area contributed by atoms with E-state index in [-0.39, 0.29) is 0 Å². The lowest BCUT2D eigenvalue weighted by molar-refractivity contribution is 0.475. The lowest BCUT2D eigenvalue weighted by atomic mass is 10.2. The summed E-state index contributed by atoms with van der Waals surface area (Å²) in [5.41, 5.74) is 3.71. The molecule has 0 atom stereocenters. The third-order valence-corrected chi connectivity index (χ3v) is 2.91. The lowest BCUT2D eigenvalue weighted by Crippen LogP contribution is -2.00. The van der Waals surface area contributed by atoms with Gasteiger partial charge in [0, 0.05) is 5.69 Å². The SMILES string of the molecule is Oc1ccc(-n2ncc3c2CCC3)cc1. The largest absolute Gasteiger partial charge is 0.508 e. The van der Waals surface area contributed by atoms with Gasteiger partial charge in [-0.2, -0.15) is 5.10 Å². The summed E-state index contributed by atoms with van der Waals surface area (Å²) in [6.07, 6.45) is 5.43. The molecule has 1 aromatic carbocycles. The third kappa shape index (κ3) is 1.31. The molecule has 3 nitrogen and oxygen atoms in total. The number of fused-ring (bicyclic) bond motifs is 1. The van der Waals surface area contributed by atoms with Gasteiger partial charge in [0.05, 0.1) is 11.9 Å². The van der Waals surface area contributed by atoms with Gasteiger partial charge in [-0.3, -0.25) is 0 Å². The highest BCUT2D eigenvalue weighted by atomic mass is 16.3. The fourth-order valence-corrected chi connectivity index (χ4v) is 2.15. The van der Waals surface area contributed by atoms with Crippen LogP contribution in [-0.4, -0.2) is 14.9 Å². The quantitative estimate of drug-likeness (QED) is 0.765. The molecule has 2 aromatic rings. The predicted octanol–water partition coefficient (Wildman–Crippen LogP) is 2.07. The number of hydrogen-bond acceptors (Lipinski definition) is 2. The minimum atomic E-state index is 0.294. The van der Waals surface area contributed by atoms with Gasteiger partial charge in [0.25, 0.3) is 0 Å². The molecule has 1 N–H and O–H groups in total. The fourth-order valence-electron chi connectivity index (χ4n) is 2.15. The molecule has 15 heavy (non-hydrogen) atoms. The van der Waals surface area contributed by atoms with Crippen molar-refractivity contribution >= 4 is 0 Å². The van der Waals surface area contributed by atoms with Crippen LogP contribution in [0.15, 0.2) is 30.5 Å². The van der Waals surface area contributed by atoms with Crippen LogP contribution >= 0.6 is 0 Å². The number of aryl methyl sites for hydroxylation is 1. The Balaban J connectivity index is 2.09. The van der Waals surface area contributed by atoms with Crippen molar-refractivity contribution in [3.63, 3.8) is 0 Å². The maximum Gasteiger partial charge on any atom is 0.115 e. The van der Waals surface area contributed by atoms with E-state index in [4.69, 9.17) is 0 Å². The zero-order chi connectivity index (χ0) is 10.3. The molecule has 3 rings (SSSR count). The standard InChI is InChI=1S/C12H12N2O/c15-11-6-4-10(5-7-11)14-12-3-1-2-9(12)8-13-14/h4-8,15H,1-3H2. The normalized spacial score (nSPS) is 14.1. The highest BCUT2D eigenvalue weighted by molar-refractivity contribution is 5.39. The number of aromatic hydroxyl groups is 1. The van der Waals surface area contributed by atoms with Crippen molar-refractivity contribution in [1.29, 1.82) is 0 Å². The van der Waals surface area contributed by atoms with Crippen LogP contribution in [0.2, 0.25) is 0 Å². The average Bonchev–Trinajstić information content (AvgIpc) is 2.80. The first-order chi connectivity index (χ1) is 7.34. The molecule has 0 radical (unpaired) electrons. The first kappa shape index (κ1) is 8.53. The summed E-state index contributed by atoms with van der Waals surface area (Å²) in [5, 5.41) is 13.6. The van der Waals surface area contributed by atoms with E-state index in [2.05, 4.69) is 5.10 Å². The Morgan fingerprint density at radius 3 is 2.73 bits per heavy atom. The van der Waals surface area contributed by atoms with Crippen LogP contribution in [0.4, 0.5) is 0 Å². The number of phenolic OH excluding ortho intramolecular Hbond substituents is 1. The van der Waals surface area contributed by atoms with Gasteiger partial charge in [-0.25, -0.2) is 4.68 Å². The van der Waals surface area contributed by atoms with Crippen LogP contribution in [0.3, 0.4) is 0 Å². The van der Waals surface area contributed by atoms with Gasteiger partial charge in [0.1, 0.15) is 5.75 Å². The molecular formula is C12H12N2O. The first-order valence-electron chi connectivity index (χ1n) is 5.20. The van der Waals surface area contributed by atoms with Crippen molar-refractivity contribution in [1.82, 2.24) is 9.78 Å². The van der Waals surface area contributed by atoms with Crippen LogP contribution < -0.4 is 0 Å². The molecule has 1 aromatic heterocycles. The van der Waals surface area contributed by atoms with Crippen LogP contribution in [-0.2, 0) is 12.8 Å². The molecule has 1 aliphatic rings. The minimum Gasteiger partial charge on any atom is -0.508 e. The summed E-state index contributed by atoms with van der Waals surface area (Å²) < 4.78 is 1.97. The summed E-state index contributed by atoms with van der Waals surface area (Å²) >= 11 is 0. The molecule has 3 heteroatoms. The maximum atomic E-state index is 9.22. The van der Waals surface area contributed by atoms with E-state index in [0.29, 0.717) is 5.75 Å². The van der Waals surface area contributed by atoms with Gasteiger partial charge in [0.2, 0.25) is 0 Å². The van der Waals surface area contributed by atoms with E-state index in [9.17, 15) is 5.11 Å². The highest BCUT2D eigenvalue weighted by Crippen LogP contribution is 2.24. The number of rotatable bonds is 1. The van der Waals surface area contributed by atoms with E-state index in [0.717, 1.165) is 18.5 Å². The van der Waals surface area contributed by atoms with Gasteiger partial charge in [-0.15, -0.1) is 0 Å². The maximum absolute atomic E-state index is 9.22. The Bertz CT molecular complexity index is 485. The Morgan fingerprint density at radius 2 is 1.93 bits per heavy atom. The lowest BCUT2D eigenvalue weighted by Gasteiger charge is -2.05. The monoisotopic (exact) mass is 200 g/mol. The summed E-state index contributed by atoms with van der Waals surface area (Å²) in [4.78, 5) is 0. The summed E-state index contributed by atoms with van der Waals surface area (Å²) in [6.45, 7) is 0. The number of nitrogens with zero attached hydrogens (tertiary/aromatic N) is 2. The first-order valence-corrected chi connectivity index (χ1v) is 5.20. The van der Waals surface area contributed by atoms with E-state index in [1.54, 1.807) is 12.1 Å². The third-order valence-electron chi connectivity index (χ3n) is 2.91. The molecule has 0 saturated carbocycles. The van der Waals surface area contributed by atoms with E-state index in [1.807, 2.05) is 23.0 Å². The minimum absolute atomic E-state index is 0.294. The van der Waals surface area contributed by atoms with Crippen LogP contribution in [0.25, 0.3) is 5.69 Å². The number of aromatic nitrogens is 2. The molecule has 0 fully saturated rings. The molecule has 1 aliphatic carbocycles. The molecule has 0 amide bonds. The molecule has 0 bridgehead atoms. The molecule has 0 saturated heterocycles. The Morgan fingerprint density at radius 1 is 1.13 bits per heavy atom. The zero-order valence-corrected chi connectivity index (χ0v) is 8.35. The van der Waals surface area contributed by atoms with E-state index in [1.165, 1.54) is 17.7 Å². The van der Waals surface area contributed by atoms with Gasteiger partial charge < -0.3 is 5.11 Å². The Hall–Kier alpha value is -1.77. The highest BCUT2D eigenvalue weighted by Gasteiger charge is 2.17.